The molecule has 4 nitrogen and oxygen atoms in total. The molecule has 1 N–H and O–H groups in total. The zero-order valence-electron chi connectivity index (χ0n) is 11.2. The lowest BCUT2D eigenvalue weighted by molar-refractivity contribution is 0.368. The summed E-state index contributed by atoms with van der Waals surface area (Å²) < 4.78 is 5.26. The molecule has 0 fully saturated rings. The van der Waals surface area contributed by atoms with Crippen molar-refractivity contribution in [3.8, 4) is 11.4 Å². The first kappa shape index (κ1) is 14.0. The molecule has 0 amide bonds. The van der Waals surface area contributed by atoms with Crippen LogP contribution >= 0.6 is 11.6 Å². The second-order valence-corrected chi connectivity index (χ2v) is 4.95. The van der Waals surface area contributed by atoms with Crippen LogP contribution in [0.2, 0.25) is 5.02 Å². The van der Waals surface area contributed by atoms with E-state index in [1.807, 2.05) is 24.3 Å². The first-order chi connectivity index (χ1) is 9.19. The van der Waals surface area contributed by atoms with Crippen LogP contribution < -0.4 is 5.32 Å². The molecule has 1 aromatic carbocycles. The van der Waals surface area contributed by atoms with Crippen LogP contribution in [0.15, 0.2) is 28.8 Å². The van der Waals surface area contributed by atoms with Gasteiger partial charge in [-0.2, -0.15) is 4.98 Å². The molecule has 102 valence electrons. The highest BCUT2D eigenvalue weighted by atomic mass is 35.5. The van der Waals surface area contributed by atoms with Gasteiger partial charge in [0, 0.05) is 23.0 Å². The molecule has 0 bridgehead atoms. The van der Waals surface area contributed by atoms with Crippen molar-refractivity contribution in [3.63, 3.8) is 0 Å². The summed E-state index contributed by atoms with van der Waals surface area (Å²) in [4.78, 5) is 4.39. The highest BCUT2D eigenvalue weighted by molar-refractivity contribution is 6.30. The standard InChI is InChI=1S/C14H18ClN3O/c1-3-16-10(2)4-9-13-17-14(18-19-13)11-5-7-12(15)8-6-11/h5-8,10,16H,3-4,9H2,1-2H3. The Hall–Kier alpha value is -1.39. The fraction of sp³-hybridized carbons (Fsp3) is 0.429. The monoisotopic (exact) mass is 279 g/mol. The van der Waals surface area contributed by atoms with Crippen molar-refractivity contribution in [2.24, 2.45) is 0 Å². The minimum Gasteiger partial charge on any atom is -0.339 e. The molecule has 5 heteroatoms. The Balaban J connectivity index is 1.97. The predicted molar refractivity (Wildman–Crippen MR) is 76.2 cm³/mol. The van der Waals surface area contributed by atoms with Crippen molar-refractivity contribution < 1.29 is 4.52 Å². The number of aryl methyl sites for hydroxylation is 1. The van der Waals surface area contributed by atoms with Crippen LogP contribution in [0.3, 0.4) is 0 Å². The van der Waals surface area contributed by atoms with Crippen molar-refractivity contribution in [3.05, 3.63) is 35.2 Å². The third-order valence-electron chi connectivity index (χ3n) is 2.91. The Labute approximate surface area is 118 Å². The summed E-state index contributed by atoms with van der Waals surface area (Å²) in [6.07, 6.45) is 1.77. The fourth-order valence-corrected chi connectivity index (χ4v) is 1.99. The fourth-order valence-electron chi connectivity index (χ4n) is 1.86. The van der Waals surface area contributed by atoms with E-state index >= 15 is 0 Å². The van der Waals surface area contributed by atoms with Crippen LogP contribution in [-0.4, -0.2) is 22.7 Å². The lowest BCUT2D eigenvalue weighted by atomic mass is 10.2. The van der Waals surface area contributed by atoms with Gasteiger partial charge in [-0.05, 0) is 44.2 Å². The van der Waals surface area contributed by atoms with E-state index in [0.29, 0.717) is 22.8 Å². The second-order valence-electron chi connectivity index (χ2n) is 4.52. The minimum atomic E-state index is 0.455. The molecule has 0 spiro atoms. The first-order valence-corrected chi connectivity index (χ1v) is 6.88. The zero-order valence-corrected chi connectivity index (χ0v) is 11.9. The molecular formula is C14H18ClN3O. The Bertz CT molecular complexity index is 510. The highest BCUT2D eigenvalue weighted by Crippen LogP contribution is 2.19. The van der Waals surface area contributed by atoms with E-state index in [4.69, 9.17) is 16.1 Å². The van der Waals surface area contributed by atoms with Gasteiger partial charge in [0.05, 0.1) is 0 Å². The molecule has 0 aliphatic heterocycles. The smallest absolute Gasteiger partial charge is 0.227 e. The van der Waals surface area contributed by atoms with Crippen molar-refractivity contribution in [2.75, 3.05) is 6.54 Å². The minimum absolute atomic E-state index is 0.455. The van der Waals surface area contributed by atoms with E-state index < -0.39 is 0 Å². The molecule has 2 rings (SSSR count). The number of hydrogen-bond acceptors (Lipinski definition) is 4. The summed E-state index contributed by atoms with van der Waals surface area (Å²) >= 11 is 5.85. The van der Waals surface area contributed by atoms with Gasteiger partial charge >= 0.3 is 0 Å². The summed E-state index contributed by atoms with van der Waals surface area (Å²) in [5.41, 5.74) is 0.916. The van der Waals surface area contributed by atoms with Crippen molar-refractivity contribution >= 4 is 11.6 Å². The number of hydrogen-bond donors (Lipinski definition) is 1. The highest BCUT2D eigenvalue weighted by Gasteiger charge is 2.09. The maximum Gasteiger partial charge on any atom is 0.227 e. The molecule has 0 aliphatic carbocycles. The third-order valence-corrected chi connectivity index (χ3v) is 3.17. The van der Waals surface area contributed by atoms with Gasteiger partial charge < -0.3 is 9.84 Å². The SMILES string of the molecule is CCNC(C)CCc1nc(-c2ccc(Cl)cc2)no1. The van der Waals surface area contributed by atoms with E-state index in [9.17, 15) is 0 Å². The summed E-state index contributed by atoms with van der Waals surface area (Å²) in [5, 5.41) is 8.05. The molecule has 1 atom stereocenters. The summed E-state index contributed by atoms with van der Waals surface area (Å²) in [6, 6.07) is 7.87. The molecule has 0 saturated carbocycles. The number of benzene rings is 1. The molecule has 2 aromatic rings. The van der Waals surface area contributed by atoms with E-state index in [0.717, 1.165) is 24.9 Å². The molecule has 1 aromatic heterocycles. The summed E-state index contributed by atoms with van der Waals surface area (Å²) in [6.45, 7) is 5.23. The van der Waals surface area contributed by atoms with E-state index in [1.165, 1.54) is 0 Å². The van der Waals surface area contributed by atoms with Crippen molar-refractivity contribution in [1.82, 2.24) is 15.5 Å². The second kappa shape index (κ2) is 6.68. The van der Waals surface area contributed by atoms with Gasteiger partial charge in [0.15, 0.2) is 0 Å². The van der Waals surface area contributed by atoms with Gasteiger partial charge in [0.2, 0.25) is 11.7 Å². The van der Waals surface area contributed by atoms with Crippen molar-refractivity contribution in [1.29, 1.82) is 0 Å². The topological polar surface area (TPSA) is 51.0 Å². The summed E-state index contributed by atoms with van der Waals surface area (Å²) in [7, 11) is 0. The molecule has 1 unspecified atom stereocenters. The molecular weight excluding hydrogens is 262 g/mol. The largest absolute Gasteiger partial charge is 0.339 e. The maximum absolute atomic E-state index is 5.85. The van der Waals surface area contributed by atoms with Gasteiger partial charge in [0.25, 0.3) is 0 Å². The Morgan fingerprint density at radius 3 is 2.74 bits per heavy atom. The quantitative estimate of drug-likeness (QED) is 0.881. The van der Waals surface area contributed by atoms with Crippen LogP contribution in [0.1, 0.15) is 26.2 Å². The summed E-state index contributed by atoms with van der Waals surface area (Å²) in [5.74, 6) is 1.29. The van der Waals surface area contributed by atoms with E-state index in [1.54, 1.807) is 0 Å². The molecule has 19 heavy (non-hydrogen) atoms. The Morgan fingerprint density at radius 1 is 1.32 bits per heavy atom. The predicted octanol–water partition coefficient (Wildman–Crippen LogP) is 3.32. The van der Waals surface area contributed by atoms with Crippen LogP contribution in [0, 0.1) is 0 Å². The average molecular weight is 280 g/mol. The third kappa shape index (κ3) is 4.04. The van der Waals surface area contributed by atoms with Crippen LogP contribution in [0.4, 0.5) is 0 Å². The van der Waals surface area contributed by atoms with Gasteiger partial charge in [-0.15, -0.1) is 0 Å². The van der Waals surface area contributed by atoms with Crippen LogP contribution in [0.25, 0.3) is 11.4 Å². The Morgan fingerprint density at radius 2 is 2.05 bits per heavy atom. The first-order valence-electron chi connectivity index (χ1n) is 6.51. The van der Waals surface area contributed by atoms with Gasteiger partial charge in [-0.25, -0.2) is 0 Å². The molecule has 1 heterocycles. The number of aromatic nitrogens is 2. The maximum atomic E-state index is 5.85. The normalized spacial score (nSPS) is 12.6. The van der Waals surface area contributed by atoms with Crippen LogP contribution in [0.5, 0.6) is 0 Å². The van der Waals surface area contributed by atoms with Gasteiger partial charge in [-0.1, -0.05) is 23.7 Å². The zero-order chi connectivity index (χ0) is 13.7. The van der Waals surface area contributed by atoms with Gasteiger partial charge in [-0.3, -0.25) is 0 Å². The lowest BCUT2D eigenvalue weighted by Gasteiger charge is -2.09. The lowest BCUT2D eigenvalue weighted by Crippen LogP contribution is -2.25. The van der Waals surface area contributed by atoms with Crippen molar-refractivity contribution in [2.45, 2.75) is 32.7 Å². The number of halogens is 1. The van der Waals surface area contributed by atoms with E-state index in [2.05, 4.69) is 29.3 Å². The van der Waals surface area contributed by atoms with Crippen LogP contribution in [-0.2, 0) is 6.42 Å². The number of rotatable bonds is 6. The average Bonchev–Trinajstić information content (AvgIpc) is 2.86. The molecule has 0 saturated heterocycles. The Kier molecular flexibility index (Phi) is 4.93. The van der Waals surface area contributed by atoms with E-state index in [-0.39, 0.29) is 0 Å². The number of nitrogens with zero attached hydrogens (tertiary/aromatic N) is 2. The molecule has 0 aliphatic rings. The van der Waals surface area contributed by atoms with Gasteiger partial charge in [0.1, 0.15) is 0 Å². The number of nitrogens with one attached hydrogen (secondary N) is 1. The molecule has 0 radical (unpaired) electrons.